The van der Waals surface area contributed by atoms with Gasteiger partial charge in [-0.3, -0.25) is 28.3 Å². The molecule has 26 nitrogen and oxygen atoms in total. The summed E-state index contributed by atoms with van der Waals surface area (Å²) in [5.74, 6) is -0.944. The van der Waals surface area contributed by atoms with E-state index < -0.39 is 78.1 Å². The fourth-order valence-electron chi connectivity index (χ4n) is 6.15. The van der Waals surface area contributed by atoms with E-state index in [0.717, 1.165) is 47.3 Å². The Morgan fingerprint density at radius 2 is 1.22 bits per heavy atom. The van der Waals surface area contributed by atoms with E-state index in [0.29, 0.717) is 21.4 Å². The van der Waals surface area contributed by atoms with E-state index in [1.54, 1.807) is 6.92 Å². The van der Waals surface area contributed by atoms with Crippen LogP contribution < -0.4 is 21.7 Å². The molecule has 73 heavy (non-hydrogen) atoms. The highest BCUT2D eigenvalue weighted by Crippen LogP contribution is 2.42. The molecule has 0 amide bonds. The zero-order valence-electron chi connectivity index (χ0n) is 37.7. The standard InChI is InChI=1S/C41H42N12O14S6/c1-25-18-35(37(69-15-7-17-71(59,60)61)22-32(25)50-49-31-13-12-28(53(54)55)20-38(31)73(65,66)67)52-51-34-23-36(68-14-6-16-70(56,57)58)30(42)21-33(34)45-41-47-39(43-24-26-8-3-2-4-9-26)46-40(48-41)44-27-10-5-11-29(19-27)72(62,63)64/h2-5,8-13,18-23H,6-7,14-17,24,42H2,1H3,(H,56,57,58)(H,59,60,61)(H,62,63,64)(H,65,66,67)(H3,43,44,45,46,47,48). The highest BCUT2D eigenvalue weighted by molar-refractivity contribution is 7.99. The van der Waals surface area contributed by atoms with Crippen molar-refractivity contribution in [3.8, 4) is 0 Å². The zero-order valence-corrected chi connectivity index (χ0v) is 42.6. The second kappa shape index (κ2) is 23.9. The van der Waals surface area contributed by atoms with Crippen molar-refractivity contribution in [3.05, 3.63) is 118 Å². The van der Waals surface area contributed by atoms with E-state index in [-0.39, 0.29) is 82.9 Å². The van der Waals surface area contributed by atoms with E-state index in [1.807, 2.05) is 30.3 Å². The van der Waals surface area contributed by atoms with Crippen molar-refractivity contribution in [1.82, 2.24) is 15.0 Å². The van der Waals surface area contributed by atoms with Crippen molar-refractivity contribution in [2.75, 3.05) is 44.7 Å². The van der Waals surface area contributed by atoms with Gasteiger partial charge in [0.1, 0.15) is 16.3 Å². The number of non-ortho nitro benzene ring substituents is 1. The number of nitro groups is 1. The number of nitro benzene ring substituents is 1. The van der Waals surface area contributed by atoms with Gasteiger partial charge in [0.05, 0.1) is 38.4 Å². The summed E-state index contributed by atoms with van der Waals surface area (Å²) in [6.45, 7) is 1.85. The lowest BCUT2D eigenvalue weighted by atomic mass is 10.2. The van der Waals surface area contributed by atoms with Crippen molar-refractivity contribution < 1.29 is 56.8 Å². The number of nitrogen functional groups attached to an aromatic ring is 1. The predicted octanol–water partition coefficient (Wildman–Crippen LogP) is 8.83. The normalized spacial score (nSPS) is 12.3. The van der Waals surface area contributed by atoms with Gasteiger partial charge in [0.15, 0.2) is 0 Å². The number of hydrogen-bond donors (Lipinski definition) is 8. The number of hydrogen-bond acceptors (Lipinski definition) is 23. The third-order valence-electron chi connectivity index (χ3n) is 9.54. The van der Waals surface area contributed by atoms with Crippen LogP contribution in [0.3, 0.4) is 0 Å². The Balaban J connectivity index is 1.42. The number of rotatable bonds is 24. The van der Waals surface area contributed by atoms with Crippen LogP contribution in [0, 0.1) is 17.0 Å². The molecule has 0 fully saturated rings. The summed E-state index contributed by atoms with van der Waals surface area (Å²) in [6, 6.07) is 23.0. The number of nitrogens with one attached hydrogen (secondary N) is 3. The van der Waals surface area contributed by atoms with Gasteiger partial charge < -0.3 is 21.7 Å². The highest BCUT2D eigenvalue weighted by Gasteiger charge is 2.21. The molecule has 0 aliphatic rings. The minimum absolute atomic E-state index is 0.0214. The van der Waals surface area contributed by atoms with Crippen LogP contribution >= 0.6 is 23.5 Å². The number of azo groups is 2. The Hall–Kier alpha value is -6.75. The molecule has 5 aromatic carbocycles. The van der Waals surface area contributed by atoms with Crippen LogP contribution in [0.15, 0.2) is 137 Å². The maximum atomic E-state index is 12.2. The van der Waals surface area contributed by atoms with Gasteiger partial charge in [-0.05, 0) is 90.9 Å². The van der Waals surface area contributed by atoms with Crippen molar-refractivity contribution in [2.24, 2.45) is 20.5 Å². The van der Waals surface area contributed by atoms with Gasteiger partial charge in [-0.1, -0.05) is 36.4 Å². The van der Waals surface area contributed by atoms with Crippen LogP contribution in [0.4, 0.5) is 63.3 Å². The van der Waals surface area contributed by atoms with Gasteiger partial charge in [-0.15, -0.1) is 38.9 Å². The lowest BCUT2D eigenvalue weighted by molar-refractivity contribution is -0.385. The molecule has 1 heterocycles. The summed E-state index contributed by atoms with van der Waals surface area (Å²) in [5, 5.41) is 37.6. The highest BCUT2D eigenvalue weighted by atomic mass is 32.2. The molecule has 6 aromatic rings. The Labute approximate surface area is 426 Å². The van der Waals surface area contributed by atoms with Gasteiger partial charge in [-0.25, -0.2) is 0 Å². The third-order valence-corrected chi connectivity index (χ3v) is 15.2. The van der Waals surface area contributed by atoms with Crippen LogP contribution in [-0.4, -0.2) is 94.8 Å². The second-order valence-electron chi connectivity index (χ2n) is 15.2. The molecule has 0 bridgehead atoms. The van der Waals surface area contributed by atoms with Crippen molar-refractivity contribution in [2.45, 2.75) is 45.9 Å². The fourth-order valence-corrected chi connectivity index (χ4v) is 10.6. The molecule has 0 aliphatic heterocycles. The van der Waals surface area contributed by atoms with Crippen LogP contribution in [-0.2, 0) is 47.0 Å². The van der Waals surface area contributed by atoms with Crippen LogP contribution in [0.25, 0.3) is 0 Å². The first-order chi connectivity index (χ1) is 34.3. The monoisotopic (exact) mass is 1120 g/mol. The molecule has 0 radical (unpaired) electrons. The minimum atomic E-state index is -5.01. The smallest absolute Gasteiger partial charge is 0.297 e. The fraction of sp³-hybridized carbons (Fsp3) is 0.195. The second-order valence-corrected chi connectivity index (χ2v) is 23.4. The first-order valence-electron chi connectivity index (χ1n) is 20.8. The molecule has 0 atom stereocenters. The summed E-state index contributed by atoms with van der Waals surface area (Å²) in [4.78, 5) is 23.3. The summed E-state index contributed by atoms with van der Waals surface area (Å²) in [5.41, 5.74) is 7.61. The zero-order chi connectivity index (χ0) is 53.1. The van der Waals surface area contributed by atoms with Crippen molar-refractivity contribution in [3.63, 3.8) is 0 Å². The van der Waals surface area contributed by atoms with Gasteiger partial charge in [0, 0.05) is 39.8 Å². The number of benzene rings is 5. The van der Waals surface area contributed by atoms with Gasteiger partial charge in [0.25, 0.3) is 46.2 Å². The Morgan fingerprint density at radius 3 is 1.85 bits per heavy atom. The van der Waals surface area contributed by atoms with Crippen molar-refractivity contribution >= 4 is 127 Å². The van der Waals surface area contributed by atoms with Gasteiger partial charge >= 0.3 is 0 Å². The first-order valence-corrected chi connectivity index (χ1v) is 28.9. The maximum Gasteiger partial charge on any atom is 0.297 e. The largest absolute Gasteiger partial charge is 0.398 e. The summed E-state index contributed by atoms with van der Waals surface area (Å²) in [7, 11) is -18.2. The molecular weight excluding hydrogens is 1080 g/mol. The number of anilines is 6. The van der Waals surface area contributed by atoms with E-state index in [2.05, 4.69) is 51.4 Å². The quantitative estimate of drug-likeness (QED) is 0.00533. The SMILES string of the molecule is Cc1cc(N=Nc2cc(SCCCS(=O)(=O)O)c(N)cc2Nc2nc(NCc3ccccc3)nc(Nc3cccc(S(=O)(=O)O)c3)n2)c(SCCCS(=O)(=O)O)cc1N=Nc1ccc([N+](=O)[O-])cc1S(=O)(=O)O. The number of aromatic nitrogens is 3. The first kappa shape index (κ1) is 55.6. The molecule has 0 saturated heterocycles. The average Bonchev–Trinajstić information content (AvgIpc) is 3.30. The van der Waals surface area contributed by atoms with E-state index in [1.165, 1.54) is 42.5 Å². The van der Waals surface area contributed by atoms with E-state index >= 15 is 0 Å². The molecule has 386 valence electrons. The molecule has 0 aliphatic carbocycles. The average molecular weight is 1120 g/mol. The summed E-state index contributed by atoms with van der Waals surface area (Å²) in [6.07, 6.45) is 0.0290. The number of nitrogens with two attached hydrogens (primary N) is 1. The van der Waals surface area contributed by atoms with Gasteiger partial charge in [0.2, 0.25) is 17.8 Å². The minimum Gasteiger partial charge on any atom is -0.398 e. The molecule has 0 spiro atoms. The molecule has 0 unspecified atom stereocenters. The summed E-state index contributed by atoms with van der Waals surface area (Å²) < 4.78 is 132. The topological polar surface area (TPSA) is 411 Å². The lowest BCUT2D eigenvalue weighted by Gasteiger charge is -2.15. The molecule has 9 N–H and O–H groups in total. The Bertz CT molecular complexity index is 3560. The van der Waals surface area contributed by atoms with Crippen LogP contribution in [0.2, 0.25) is 0 Å². The lowest BCUT2D eigenvalue weighted by Crippen LogP contribution is -2.10. The Morgan fingerprint density at radius 1 is 0.630 bits per heavy atom. The number of thioether (sulfide) groups is 2. The maximum absolute atomic E-state index is 12.2. The van der Waals surface area contributed by atoms with E-state index in [4.69, 9.17) is 5.73 Å². The van der Waals surface area contributed by atoms with Crippen LogP contribution in [0.1, 0.15) is 24.0 Å². The summed E-state index contributed by atoms with van der Waals surface area (Å²) >= 11 is 2.23. The number of nitrogens with zero attached hydrogens (tertiary/aromatic N) is 8. The van der Waals surface area contributed by atoms with Crippen LogP contribution in [0.5, 0.6) is 0 Å². The predicted molar refractivity (Wildman–Crippen MR) is 273 cm³/mol. The number of aryl methyl sites for hydroxylation is 1. The molecule has 0 saturated carbocycles. The molecule has 32 heteroatoms. The molecular formula is C41H42N12O14S6. The molecule has 6 rings (SSSR count). The molecule has 1 aromatic heterocycles. The van der Waals surface area contributed by atoms with Crippen molar-refractivity contribution in [1.29, 1.82) is 0 Å². The van der Waals surface area contributed by atoms with E-state index in [9.17, 15) is 62.0 Å². The van der Waals surface area contributed by atoms with Gasteiger partial charge in [-0.2, -0.15) is 53.7 Å². The Kier molecular flexibility index (Phi) is 18.2. The third kappa shape index (κ3) is 17.2.